The van der Waals surface area contributed by atoms with Gasteiger partial charge < -0.3 is 10.1 Å². The molecule has 0 aliphatic rings. The summed E-state index contributed by atoms with van der Waals surface area (Å²) in [6.07, 6.45) is 8.76. The van der Waals surface area contributed by atoms with Gasteiger partial charge in [0.15, 0.2) is 0 Å². The Kier molecular flexibility index (Phi) is 6.92. The van der Waals surface area contributed by atoms with Crippen LogP contribution >= 0.6 is 0 Å². The van der Waals surface area contributed by atoms with E-state index in [1.807, 2.05) is 39.2 Å². The molecule has 2 aromatic rings. The minimum absolute atomic E-state index is 0.280. The van der Waals surface area contributed by atoms with Crippen molar-refractivity contribution in [3.05, 3.63) is 102 Å². The van der Waals surface area contributed by atoms with Crippen molar-refractivity contribution in [2.45, 2.75) is 13.8 Å². The molecule has 134 valence electrons. The van der Waals surface area contributed by atoms with E-state index >= 15 is 0 Å². The third kappa shape index (κ3) is 4.70. The first-order valence-corrected chi connectivity index (χ1v) is 8.30. The van der Waals surface area contributed by atoms with Crippen LogP contribution in [0, 0.1) is 5.82 Å². The number of halogens is 1. The molecule has 1 N–H and O–H groups in total. The molecule has 1 aromatic carbocycles. The molecule has 0 radical (unpaired) electrons. The van der Waals surface area contributed by atoms with Gasteiger partial charge in [-0.15, -0.1) is 0 Å². The Balaban J connectivity index is 2.67. The number of hydrogen-bond acceptors (Lipinski definition) is 3. The van der Waals surface area contributed by atoms with Crippen LogP contribution in [-0.2, 0) is 4.74 Å². The highest BCUT2D eigenvalue weighted by atomic mass is 19.1. The molecule has 2 rings (SSSR count). The maximum absolute atomic E-state index is 13.4. The van der Waals surface area contributed by atoms with Crippen LogP contribution < -0.4 is 5.32 Å². The van der Waals surface area contributed by atoms with E-state index in [4.69, 9.17) is 4.74 Å². The summed E-state index contributed by atoms with van der Waals surface area (Å²) in [4.78, 5) is 4.09. The number of hydrogen-bond donors (Lipinski definition) is 1. The molecule has 0 saturated carbocycles. The second kappa shape index (κ2) is 9.37. The molecule has 0 aliphatic carbocycles. The van der Waals surface area contributed by atoms with Crippen LogP contribution in [0.5, 0.6) is 0 Å². The van der Waals surface area contributed by atoms with Crippen LogP contribution in [0.4, 0.5) is 4.39 Å². The van der Waals surface area contributed by atoms with Crippen molar-refractivity contribution in [1.82, 2.24) is 10.3 Å². The lowest BCUT2D eigenvalue weighted by Crippen LogP contribution is -2.02. The zero-order valence-corrected chi connectivity index (χ0v) is 15.3. The monoisotopic (exact) mass is 350 g/mol. The Morgan fingerprint density at radius 2 is 1.77 bits per heavy atom. The summed E-state index contributed by atoms with van der Waals surface area (Å²) in [6, 6.07) is 10.2. The van der Waals surface area contributed by atoms with E-state index in [2.05, 4.69) is 16.9 Å². The van der Waals surface area contributed by atoms with E-state index in [0.717, 1.165) is 27.8 Å². The van der Waals surface area contributed by atoms with Gasteiger partial charge in [-0.1, -0.05) is 24.8 Å². The van der Waals surface area contributed by atoms with Crippen molar-refractivity contribution in [3.8, 4) is 0 Å². The average Bonchev–Trinajstić information content (AvgIpc) is 2.67. The fraction of sp³-hybridized carbons (Fsp3) is 0.136. The van der Waals surface area contributed by atoms with Crippen LogP contribution in [0.15, 0.2) is 85.2 Å². The van der Waals surface area contributed by atoms with Crippen LogP contribution in [-0.4, -0.2) is 12.0 Å². The number of pyridine rings is 1. The molecule has 0 saturated heterocycles. The van der Waals surface area contributed by atoms with E-state index in [1.165, 1.54) is 12.1 Å². The molecule has 0 fully saturated rings. The van der Waals surface area contributed by atoms with E-state index < -0.39 is 0 Å². The maximum atomic E-state index is 13.4. The predicted octanol–water partition coefficient (Wildman–Crippen LogP) is 5.32. The van der Waals surface area contributed by atoms with Crippen molar-refractivity contribution in [2.24, 2.45) is 0 Å². The van der Waals surface area contributed by atoms with Crippen molar-refractivity contribution in [3.63, 3.8) is 0 Å². The SMILES string of the molecule is C=C(O/C=C\C)/C(C)=C(/C(=C\NC)c1ccncc1)c1ccc(F)cc1. The highest BCUT2D eigenvalue weighted by Gasteiger charge is 2.16. The molecule has 1 heterocycles. The molecule has 1 aromatic heterocycles. The van der Waals surface area contributed by atoms with Gasteiger partial charge in [-0.05, 0) is 60.4 Å². The van der Waals surface area contributed by atoms with Gasteiger partial charge >= 0.3 is 0 Å². The van der Waals surface area contributed by atoms with E-state index in [9.17, 15) is 4.39 Å². The Labute approximate surface area is 154 Å². The summed E-state index contributed by atoms with van der Waals surface area (Å²) in [5, 5.41) is 3.09. The number of benzene rings is 1. The summed E-state index contributed by atoms with van der Waals surface area (Å²) in [5.74, 6) is 0.247. The largest absolute Gasteiger partial charge is 0.466 e. The maximum Gasteiger partial charge on any atom is 0.123 e. The number of rotatable bonds is 7. The second-order valence-corrected chi connectivity index (χ2v) is 5.60. The second-order valence-electron chi connectivity index (χ2n) is 5.60. The van der Waals surface area contributed by atoms with Crippen LogP contribution in [0.25, 0.3) is 11.1 Å². The van der Waals surface area contributed by atoms with E-state index in [-0.39, 0.29) is 5.82 Å². The lowest BCUT2D eigenvalue weighted by atomic mass is 9.89. The Hall–Kier alpha value is -3.14. The zero-order valence-electron chi connectivity index (χ0n) is 15.3. The molecular weight excluding hydrogens is 327 g/mol. The van der Waals surface area contributed by atoms with Gasteiger partial charge in [0.2, 0.25) is 0 Å². The molecule has 0 amide bonds. The fourth-order valence-electron chi connectivity index (χ4n) is 2.54. The quantitative estimate of drug-likeness (QED) is 0.542. The van der Waals surface area contributed by atoms with Crippen molar-refractivity contribution >= 4 is 11.1 Å². The minimum atomic E-state index is -0.280. The van der Waals surface area contributed by atoms with Crippen molar-refractivity contribution < 1.29 is 9.13 Å². The third-order valence-corrected chi connectivity index (χ3v) is 3.82. The molecular formula is C22H23FN2O. The molecule has 0 bridgehead atoms. The number of nitrogens with one attached hydrogen (secondary N) is 1. The summed E-state index contributed by atoms with van der Waals surface area (Å²) < 4.78 is 19.0. The van der Waals surface area contributed by atoms with Crippen molar-refractivity contribution in [2.75, 3.05) is 7.05 Å². The van der Waals surface area contributed by atoms with Crippen LogP contribution in [0.2, 0.25) is 0 Å². The lowest BCUT2D eigenvalue weighted by Gasteiger charge is -2.18. The zero-order chi connectivity index (χ0) is 18.9. The van der Waals surface area contributed by atoms with Gasteiger partial charge in [0.25, 0.3) is 0 Å². The summed E-state index contributed by atoms with van der Waals surface area (Å²) in [7, 11) is 1.84. The van der Waals surface area contributed by atoms with Crippen LogP contribution in [0.3, 0.4) is 0 Å². The predicted molar refractivity (Wildman–Crippen MR) is 105 cm³/mol. The average molecular weight is 350 g/mol. The van der Waals surface area contributed by atoms with Gasteiger partial charge in [-0.3, -0.25) is 4.98 Å². The molecule has 0 spiro atoms. The Morgan fingerprint density at radius 3 is 2.35 bits per heavy atom. The van der Waals surface area contributed by atoms with Crippen LogP contribution in [0.1, 0.15) is 25.0 Å². The fourth-order valence-corrected chi connectivity index (χ4v) is 2.54. The van der Waals surface area contributed by atoms with Gasteiger partial charge in [0, 0.05) is 31.2 Å². The van der Waals surface area contributed by atoms with Gasteiger partial charge in [0.1, 0.15) is 11.6 Å². The summed E-state index contributed by atoms with van der Waals surface area (Å²) in [5.41, 5.74) is 4.54. The molecule has 0 unspecified atom stereocenters. The molecule has 0 atom stereocenters. The lowest BCUT2D eigenvalue weighted by molar-refractivity contribution is 0.363. The normalized spacial score (nSPS) is 12.7. The standard InChI is InChI=1S/C22H23FN2O/c1-5-14-26-17(3)16(2)22(19-6-8-20(23)9-7-19)21(15-24-4)18-10-12-25-13-11-18/h5-15,24H,3H2,1-2,4H3/b14-5-,21-15-,22-16+. The van der Waals surface area contributed by atoms with Gasteiger partial charge in [-0.25, -0.2) is 4.39 Å². The molecule has 0 aliphatic heterocycles. The number of aromatic nitrogens is 1. The van der Waals surface area contributed by atoms with E-state index in [0.29, 0.717) is 5.76 Å². The molecule has 3 nitrogen and oxygen atoms in total. The number of nitrogens with zero attached hydrogens (tertiary/aromatic N) is 1. The van der Waals surface area contributed by atoms with Gasteiger partial charge in [0.05, 0.1) is 6.26 Å². The highest BCUT2D eigenvalue weighted by molar-refractivity contribution is 6.06. The van der Waals surface area contributed by atoms with Gasteiger partial charge in [-0.2, -0.15) is 0 Å². The molecule has 4 heteroatoms. The smallest absolute Gasteiger partial charge is 0.123 e. The third-order valence-electron chi connectivity index (χ3n) is 3.82. The Morgan fingerprint density at radius 1 is 1.12 bits per heavy atom. The van der Waals surface area contributed by atoms with Crippen molar-refractivity contribution in [1.29, 1.82) is 0 Å². The summed E-state index contributed by atoms with van der Waals surface area (Å²) in [6.45, 7) is 7.84. The number of allylic oxidation sites excluding steroid dienone is 4. The minimum Gasteiger partial charge on any atom is -0.466 e. The number of ether oxygens (including phenoxy) is 1. The topological polar surface area (TPSA) is 34.1 Å². The van der Waals surface area contributed by atoms with E-state index in [1.54, 1.807) is 36.9 Å². The first-order valence-electron chi connectivity index (χ1n) is 8.30. The highest BCUT2D eigenvalue weighted by Crippen LogP contribution is 2.35. The first-order chi connectivity index (χ1) is 12.6. The first kappa shape index (κ1) is 19.2. The summed E-state index contributed by atoms with van der Waals surface area (Å²) >= 11 is 0. The Bertz CT molecular complexity index is 834. The molecule has 26 heavy (non-hydrogen) atoms.